The van der Waals surface area contributed by atoms with Crippen LogP contribution in [0.15, 0.2) is 24.3 Å². The molecule has 1 aliphatic rings. The van der Waals surface area contributed by atoms with Gasteiger partial charge in [0.1, 0.15) is 6.10 Å². The number of benzene rings is 1. The highest BCUT2D eigenvalue weighted by atomic mass is 16.5. The quantitative estimate of drug-likeness (QED) is 0.785. The van der Waals surface area contributed by atoms with E-state index in [0.29, 0.717) is 32.8 Å². The lowest BCUT2D eigenvalue weighted by Gasteiger charge is -2.36. The standard InChI is InChI=1S/C17H26N2O3/c1-14-7-4-5-8-15(14)16-13-19(10-12-22-16)17(20)18(2)9-6-11-21-3/h4-5,7-8,16H,6,9-13H2,1-3H3. The number of morpholine rings is 1. The number of nitrogens with zero attached hydrogens (tertiary/aromatic N) is 2. The fourth-order valence-corrected chi connectivity index (χ4v) is 2.74. The second kappa shape index (κ2) is 8.15. The van der Waals surface area contributed by atoms with E-state index in [1.807, 2.05) is 24.1 Å². The van der Waals surface area contributed by atoms with Crippen LogP contribution in [0.1, 0.15) is 23.7 Å². The summed E-state index contributed by atoms with van der Waals surface area (Å²) in [6, 6.07) is 8.27. The van der Waals surface area contributed by atoms with Crippen molar-refractivity contribution in [3.63, 3.8) is 0 Å². The van der Waals surface area contributed by atoms with Gasteiger partial charge in [-0.2, -0.15) is 0 Å². The molecule has 1 aromatic carbocycles. The molecule has 1 unspecified atom stereocenters. The Morgan fingerprint density at radius 1 is 1.45 bits per heavy atom. The number of hydrogen-bond donors (Lipinski definition) is 0. The second-order valence-corrected chi connectivity index (χ2v) is 5.71. The number of aryl methyl sites for hydroxylation is 1. The van der Waals surface area contributed by atoms with Crippen molar-refractivity contribution in [2.24, 2.45) is 0 Å². The van der Waals surface area contributed by atoms with Crippen LogP contribution in [0.2, 0.25) is 0 Å². The van der Waals surface area contributed by atoms with Crippen molar-refractivity contribution in [3.8, 4) is 0 Å². The van der Waals surface area contributed by atoms with Gasteiger partial charge in [0.05, 0.1) is 13.2 Å². The smallest absolute Gasteiger partial charge is 0.319 e. The molecule has 0 bridgehead atoms. The van der Waals surface area contributed by atoms with E-state index in [0.717, 1.165) is 6.42 Å². The van der Waals surface area contributed by atoms with Crippen molar-refractivity contribution >= 4 is 6.03 Å². The minimum absolute atomic E-state index is 0.0359. The van der Waals surface area contributed by atoms with Gasteiger partial charge in [-0.05, 0) is 24.5 Å². The first-order valence-corrected chi connectivity index (χ1v) is 7.79. The Labute approximate surface area is 132 Å². The first kappa shape index (κ1) is 16.8. The first-order valence-electron chi connectivity index (χ1n) is 7.79. The molecule has 1 aliphatic heterocycles. The predicted molar refractivity (Wildman–Crippen MR) is 86.0 cm³/mol. The largest absolute Gasteiger partial charge is 0.385 e. The van der Waals surface area contributed by atoms with Crippen LogP contribution >= 0.6 is 0 Å². The van der Waals surface area contributed by atoms with E-state index in [1.54, 1.807) is 12.0 Å². The van der Waals surface area contributed by atoms with Gasteiger partial charge >= 0.3 is 6.03 Å². The molecule has 1 heterocycles. The second-order valence-electron chi connectivity index (χ2n) is 5.71. The zero-order chi connectivity index (χ0) is 15.9. The molecule has 1 fully saturated rings. The summed E-state index contributed by atoms with van der Waals surface area (Å²) in [6.07, 6.45) is 0.816. The number of carbonyl (C=O) groups excluding carboxylic acids is 1. The van der Waals surface area contributed by atoms with Gasteiger partial charge in [-0.15, -0.1) is 0 Å². The molecule has 0 spiro atoms. The van der Waals surface area contributed by atoms with Gasteiger partial charge in [0.25, 0.3) is 0 Å². The summed E-state index contributed by atoms with van der Waals surface area (Å²) in [7, 11) is 3.52. The number of amides is 2. The highest BCUT2D eigenvalue weighted by Crippen LogP contribution is 2.25. The molecule has 0 radical (unpaired) electrons. The first-order chi connectivity index (χ1) is 10.6. The normalized spacial score (nSPS) is 18.3. The highest BCUT2D eigenvalue weighted by molar-refractivity contribution is 5.74. The highest BCUT2D eigenvalue weighted by Gasteiger charge is 2.27. The van der Waals surface area contributed by atoms with Crippen LogP contribution in [0.4, 0.5) is 4.79 Å². The van der Waals surface area contributed by atoms with Crippen LogP contribution in [-0.4, -0.2) is 62.8 Å². The van der Waals surface area contributed by atoms with E-state index >= 15 is 0 Å². The van der Waals surface area contributed by atoms with Crippen molar-refractivity contribution < 1.29 is 14.3 Å². The van der Waals surface area contributed by atoms with Gasteiger partial charge in [0.15, 0.2) is 0 Å². The number of carbonyl (C=O) groups is 1. The number of rotatable bonds is 5. The summed E-state index contributed by atoms with van der Waals surface area (Å²) in [5.74, 6) is 0. The third-order valence-corrected chi connectivity index (χ3v) is 4.04. The molecular weight excluding hydrogens is 280 g/mol. The molecule has 122 valence electrons. The van der Waals surface area contributed by atoms with E-state index in [2.05, 4.69) is 19.1 Å². The van der Waals surface area contributed by atoms with Gasteiger partial charge in [0, 0.05) is 33.9 Å². The number of urea groups is 1. The summed E-state index contributed by atoms with van der Waals surface area (Å²) in [6.45, 7) is 5.30. The summed E-state index contributed by atoms with van der Waals surface area (Å²) in [4.78, 5) is 16.2. The van der Waals surface area contributed by atoms with Crippen LogP contribution in [0, 0.1) is 6.92 Å². The summed E-state index contributed by atoms with van der Waals surface area (Å²) in [5, 5.41) is 0. The van der Waals surface area contributed by atoms with Crippen molar-refractivity contribution in [2.75, 3.05) is 47.0 Å². The molecule has 0 N–H and O–H groups in total. The maximum atomic E-state index is 12.5. The Morgan fingerprint density at radius 2 is 2.23 bits per heavy atom. The summed E-state index contributed by atoms with van der Waals surface area (Å²) < 4.78 is 10.9. The fourth-order valence-electron chi connectivity index (χ4n) is 2.74. The number of hydrogen-bond acceptors (Lipinski definition) is 3. The van der Waals surface area contributed by atoms with E-state index < -0.39 is 0 Å². The van der Waals surface area contributed by atoms with Gasteiger partial charge in [-0.1, -0.05) is 24.3 Å². The molecule has 0 aromatic heterocycles. The molecule has 2 amide bonds. The Balaban J connectivity index is 1.95. The lowest BCUT2D eigenvalue weighted by atomic mass is 10.0. The lowest BCUT2D eigenvalue weighted by Crippen LogP contribution is -2.48. The van der Waals surface area contributed by atoms with Crippen molar-refractivity contribution in [1.29, 1.82) is 0 Å². The van der Waals surface area contributed by atoms with Crippen molar-refractivity contribution in [2.45, 2.75) is 19.4 Å². The van der Waals surface area contributed by atoms with Gasteiger partial charge in [-0.3, -0.25) is 0 Å². The van der Waals surface area contributed by atoms with Crippen LogP contribution in [-0.2, 0) is 9.47 Å². The van der Waals surface area contributed by atoms with E-state index in [4.69, 9.17) is 9.47 Å². The van der Waals surface area contributed by atoms with Crippen molar-refractivity contribution in [1.82, 2.24) is 9.80 Å². The Bertz CT molecular complexity index is 493. The maximum Gasteiger partial charge on any atom is 0.319 e. The van der Waals surface area contributed by atoms with E-state index in [9.17, 15) is 4.79 Å². The topological polar surface area (TPSA) is 42.0 Å². The fraction of sp³-hybridized carbons (Fsp3) is 0.588. The maximum absolute atomic E-state index is 12.5. The zero-order valence-electron chi connectivity index (χ0n) is 13.7. The third-order valence-electron chi connectivity index (χ3n) is 4.04. The van der Waals surface area contributed by atoms with E-state index in [1.165, 1.54) is 11.1 Å². The molecular formula is C17H26N2O3. The summed E-state index contributed by atoms with van der Waals surface area (Å²) >= 11 is 0. The average molecular weight is 306 g/mol. The number of ether oxygens (including phenoxy) is 2. The molecule has 22 heavy (non-hydrogen) atoms. The van der Waals surface area contributed by atoms with Gasteiger partial charge in [0.2, 0.25) is 0 Å². The van der Waals surface area contributed by atoms with Crippen LogP contribution < -0.4 is 0 Å². The molecule has 5 heteroatoms. The van der Waals surface area contributed by atoms with Crippen molar-refractivity contribution in [3.05, 3.63) is 35.4 Å². The molecule has 1 aromatic rings. The van der Waals surface area contributed by atoms with E-state index in [-0.39, 0.29) is 12.1 Å². The van der Waals surface area contributed by atoms with Gasteiger partial charge < -0.3 is 19.3 Å². The minimum atomic E-state index is -0.0359. The zero-order valence-corrected chi connectivity index (χ0v) is 13.7. The number of methoxy groups -OCH3 is 1. The molecule has 1 atom stereocenters. The minimum Gasteiger partial charge on any atom is -0.385 e. The summed E-state index contributed by atoms with van der Waals surface area (Å²) in [5.41, 5.74) is 2.37. The van der Waals surface area contributed by atoms with Gasteiger partial charge in [-0.25, -0.2) is 4.79 Å². The third kappa shape index (κ3) is 4.21. The Morgan fingerprint density at radius 3 is 2.95 bits per heavy atom. The molecule has 1 saturated heterocycles. The predicted octanol–water partition coefficient (Wildman–Crippen LogP) is 2.46. The molecule has 5 nitrogen and oxygen atoms in total. The van der Waals surface area contributed by atoms with Crippen LogP contribution in [0.3, 0.4) is 0 Å². The SMILES string of the molecule is COCCCN(C)C(=O)N1CCOC(c2ccccc2C)C1. The van der Waals surface area contributed by atoms with Crippen LogP contribution in [0.5, 0.6) is 0 Å². The average Bonchev–Trinajstić information content (AvgIpc) is 2.55. The van der Waals surface area contributed by atoms with Crippen LogP contribution in [0.25, 0.3) is 0 Å². The molecule has 2 rings (SSSR count). The Kier molecular flexibility index (Phi) is 6.21. The lowest BCUT2D eigenvalue weighted by molar-refractivity contribution is -0.0201. The molecule has 0 saturated carbocycles. The molecule has 0 aliphatic carbocycles. The Hall–Kier alpha value is -1.59. The monoisotopic (exact) mass is 306 g/mol.